The zero-order valence-corrected chi connectivity index (χ0v) is 13.1. The molecule has 0 aliphatic heterocycles. The zero-order valence-electron chi connectivity index (χ0n) is 12.3. The third kappa shape index (κ3) is 3.76. The molecule has 2 rings (SSSR count). The molecule has 1 unspecified atom stereocenters. The molecule has 0 radical (unpaired) electrons. The maximum absolute atomic E-state index is 4.57. The Labute approximate surface area is 124 Å². The monoisotopic (exact) mass is 290 g/mol. The molecule has 2 N–H and O–H groups in total. The molecule has 0 amide bonds. The molecular weight excluding hydrogens is 268 g/mol. The van der Waals surface area contributed by atoms with Crippen molar-refractivity contribution in [1.82, 2.24) is 9.97 Å². The summed E-state index contributed by atoms with van der Waals surface area (Å²) in [4.78, 5) is 9.09. The van der Waals surface area contributed by atoms with Crippen molar-refractivity contribution in [2.45, 2.75) is 25.5 Å². The van der Waals surface area contributed by atoms with Gasteiger partial charge in [-0.25, -0.2) is 4.98 Å². The molecule has 1 aromatic heterocycles. The normalized spacial score (nSPS) is 12.3. The number of thioether (sulfide) groups is 1. The molecule has 0 saturated carbocycles. The molecule has 0 spiro atoms. The van der Waals surface area contributed by atoms with Crippen LogP contribution in [0.3, 0.4) is 0 Å². The number of nitrogens with zero attached hydrogens (tertiary/aromatic N) is 2. The number of fused-ring (bicyclic) bond motifs is 1. The van der Waals surface area contributed by atoms with Crippen LogP contribution >= 0.6 is 11.8 Å². The molecule has 1 aromatic carbocycles. The van der Waals surface area contributed by atoms with Crippen molar-refractivity contribution in [2.24, 2.45) is 0 Å². The van der Waals surface area contributed by atoms with Gasteiger partial charge in [0.05, 0.1) is 5.52 Å². The average Bonchev–Trinajstić information content (AvgIpc) is 2.47. The smallest absolute Gasteiger partial charge is 0.225 e. The highest BCUT2D eigenvalue weighted by Crippen LogP contribution is 2.22. The summed E-state index contributed by atoms with van der Waals surface area (Å²) in [7, 11) is 0. The minimum absolute atomic E-state index is 0.656. The standard InChI is InChI=1S/C15H22N4S/c1-4-16-15-18-13-8-6-5-7-12(13)14(19-15)17-10-9-11(2)20-3/h5-8,11H,4,9-10H2,1-3H3,(H2,16,17,18,19). The molecule has 108 valence electrons. The number of benzene rings is 1. The van der Waals surface area contributed by atoms with Crippen LogP contribution in [0.25, 0.3) is 10.9 Å². The van der Waals surface area contributed by atoms with Crippen LogP contribution in [0.1, 0.15) is 20.3 Å². The van der Waals surface area contributed by atoms with E-state index in [2.05, 4.69) is 39.8 Å². The summed E-state index contributed by atoms with van der Waals surface area (Å²) in [5, 5.41) is 8.36. The van der Waals surface area contributed by atoms with Crippen LogP contribution in [0, 0.1) is 0 Å². The summed E-state index contributed by atoms with van der Waals surface area (Å²) in [6.45, 7) is 6.04. The van der Waals surface area contributed by atoms with Crippen molar-refractivity contribution in [3.63, 3.8) is 0 Å². The van der Waals surface area contributed by atoms with Crippen LogP contribution in [0.4, 0.5) is 11.8 Å². The fourth-order valence-electron chi connectivity index (χ4n) is 1.96. The lowest BCUT2D eigenvalue weighted by Gasteiger charge is -2.13. The van der Waals surface area contributed by atoms with Crippen LogP contribution in [0.5, 0.6) is 0 Å². The van der Waals surface area contributed by atoms with Gasteiger partial charge in [-0.2, -0.15) is 16.7 Å². The Morgan fingerprint density at radius 2 is 2.00 bits per heavy atom. The second-order valence-corrected chi connectivity index (χ2v) is 5.98. The van der Waals surface area contributed by atoms with Gasteiger partial charge in [0.1, 0.15) is 5.82 Å². The van der Waals surface area contributed by atoms with Crippen LogP contribution < -0.4 is 10.6 Å². The highest BCUT2D eigenvalue weighted by Gasteiger charge is 2.07. The van der Waals surface area contributed by atoms with Crippen LogP contribution in [0.15, 0.2) is 24.3 Å². The molecule has 4 nitrogen and oxygen atoms in total. The van der Waals surface area contributed by atoms with Crippen molar-refractivity contribution >= 4 is 34.4 Å². The number of aromatic nitrogens is 2. The van der Waals surface area contributed by atoms with Crippen molar-refractivity contribution in [3.8, 4) is 0 Å². The van der Waals surface area contributed by atoms with Gasteiger partial charge in [-0.3, -0.25) is 0 Å². The maximum atomic E-state index is 4.57. The Morgan fingerprint density at radius 1 is 1.20 bits per heavy atom. The lowest BCUT2D eigenvalue weighted by molar-refractivity contribution is 0.850. The van der Waals surface area contributed by atoms with E-state index in [0.717, 1.165) is 36.2 Å². The summed E-state index contributed by atoms with van der Waals surface area (Å²) < 4.78 is 0. The highest BCUT2D eigenvalue weighted by molar-refractivity contribution is 7.99. The Balaban J connectivity index is 2.20. The van der Waals surface area contributed by atoms with E-state index in [9.17, 15) is 0 Å². The van der Waals surface area contributed by atoms with E-state index in [1.54, 1.807) is 0 Å². The second-order valence-electron chi connectivity index (χ2n) is 4.71. The molecule has 0 fully saturated rings. The van der Waals surface area contributed by atoms with E-state index < -0.39 is 0 Å². The Morgan fingerprint density at radius 3 is 2.75 bits per heavy atom. The third-order valence-corrected chi connectivity index (χ3v) is 4.22. The number of nitrogens with one attached hydrogen (secondary N) is 2. The van der Waals surface area contributed by atoms with E-state index in [1.165, 1.54) is 0 Å². The molecule has 1 atom stereocenters. The molecule has 0 aliphatic carbocycles. The summed E-state index contributed by atoms with van der Waals surface area (Å²) in [5.41, 5.74) is 0.971. The second kappa shape index (κ2) is 7.33. The molecule has 0 saturated heterocycles. The molecule has 5 heteroatoms. The van der Waals surface area contributed by atoms with E-state index in [0.29, 0.717) is 11.2 Å². The largest absolute Gasteiger partial charge is 0.369 e. The van der Waals surface area contributed by atoms with Crippen molar-refractivity contribution in [3.05, 3.63) is 24.3 Å². The minimum Gasteiger partial charge on any atom is -0.369 e. The summed E-state index contributed by atoms with van der Waals surface area (Å²) >= 11 is 1.89. The van der Waals surface area contributed by atoms with Crippen LogP contribution in [-0.4, -0.2) is 34.6 Å². The number of rotatable bonds is 7. The first-order chi connectivity index (χ1) is 9.74. The first-order valence-electron chi connectivity index (χ1n) is 7.02. The minimum atomic E-state index is 0.656. The lowest BCUT2D eigenvalue weighted by atomic mass is 10.2. The van der Waals surface area contributed by atoms with Gasteiger partial charge in [-0.1, -0.05) is 19.1 Å². The van der Waals surface area contributed by atoms with Gasteiger partial charge in [-0.05, 0) is 31.7 Å². The first-order valence-corrected chi connectivity index (χ1v) is 8.30. The van der Waals surface area contributed by atoms with Gasteiger partial charge in [0.25, 0.3) is 0 Å². The van der Waals surface area contributed by atoms with E-state index >= 15 is 0 Å². The molecule has 20 heavy (non-hydrogen) atoms. The molecule has 0 aliphatic rings. The van der Waals surface area contributed by atoms with Gasteiger partial charge in [0.2, 0.25) is 5.95 Å². The topological polar surface area (TPSA) is 49.8 Å². The Hall–Kier alpha value is -1.49. The molecular formula is C15H22N4S. The number of anilines is 2. The van der Waals surface area contributed by atoms with Crippen molar-refractivity contribution in [1.29, 1.82) is 0 Å². The van der Waals surface area contributed by atoms with Gasteiger partial charge >= 0.3 is 0 Å². The van der Waals surface area contributed by atoms with Gasteiger partial charge < -0.3 is 10.6 Å². The SMILES string of the molecule is CCNc1nc(NCCC(C)SC)c2ccccc2n1. The lowest BCUT2D eigenvalue weighted by Crippen LogP contribution is -2.11. The Kier molecular flexibility index (Phi) is 5.47. The van der Waals surface area contributed by atoms with E-state index in [4.69, 9.17) is 0 Å². The van der Waals surface area contributed by atoms with Crippen molar-refractivity contribution < 1.29 is 0 Å². The predicted molar refractivity (Wildman–Crippen MR) is 89.8 cm³/mol. The van der Waals surface area contributed by atoms with E-state index in [-0.39, 0.29) is 0 Å². The van der Waals surface area contributed by atoms with Crippen LogP contribution in [-0.2, 0) is 0 Å². The quantitative estimate of drug-likeness (QED) is 0.815. The maximum Gasteiger partial charge on any atom is 0.225 e. The van der Waals surface area contributed by atoms with Gasteiger partial charge in [-0.15, -0.1) is 0 Å². The Bertz CT molecular complexity index is 559. The number of hydrogen-bond donors (Lipinski definition) is 2. The van der Waals surface area contributed by atoms with Gasteiger partial charge in [0.15, 0.2) is 0 Å². The van der Waals surface area contributed by atoms with E-state index in [1.807, 2.05) is 36.9 Å². The van der Waals surface area contributed by atoms with Gasteiger partial charge in [0, 0.05) is 23.7 Å². The number of hydrogen-bond acceptors (Lipinski definition) is 5. The first kappa shape index (κ1) is 14.9. The number of para-hydroxylation sites is 1. The molecule has 2 aromatic rings. The zero-order chi connectivity index (χ0) is 14.4. The fourth-order valence-corrected chi connectivity index (χ4v) is 2.31. The van der Waals surface area contributed by atoms with Crippen molar-refractivity contribution in [2.75, 3.05) is 30.0 Å². The summed E-state index contributed by atoms with van der Waals surface area (Å²) in [6, 6.07) is 8.11. The molecule has 0 bridgehead atoms. The summed E-state index contributed by atoms with van der Waals surface area (Å²) in [6.07, 6.45) is 3.27. The third-order valence-electron chi connectivity index (χ3n) is 3.18. The highest BCUT2D eigenvalue weighted by atomic mass is 32.2. The fraction of sp³-hybridized carbons (Fsp3) is 0.467. The summed E-state index contributed by atoms with van der Waals surface area (Å²) in [5.74, 6) is 1.60. The predicted octanol–water partition coefficient (Wildman–Crippen LogP) is 3.62. The average molecular weight is 290 g/mol. The molecule has 1 heterocycles. The van der Waals surface area contributed by atoms with Crippen LogP contribution in [0.2, 0.25) is 0 Å².